The predicted octanol–water partition coefficient (Wildman–Crippen LogP) is 6.55. The van der Waals surface area contributed by atoms with Gasteiger partial charge in [0.05, 0.1) is 6.42 Å². The van der Waals surface area contributed by atoms with Gasteiger partial charge in [-0.15, -0.1) is 11.8 Å². The second kappa shape index (κ2) is 13.2. The molecule has 216 valence electrons. The van der Waals surface area contributed by atoms with Gasteiger partial charge in [-0.3, -0.25) is 9.59 Å². The van der Waals surface area contributed by atoms with Crippen LogP contribution in [-0.2, 0) is 32.3 Å². The first-order valence-corrected chi connectivity index (χ1v) is 16.9. The lowest BCUT2D eigenvalue weighted by Gasteiger charge is -2.42. The second-order valence-electron chi connectivity index (χ2n) is 12.8. The van der Waals surface area contributed by atoms with Gasteiger partial charge in [-0.25, -0.2) is 0 Å². The maximum absolute atomic E-state index is 13.6. The number of thioether (sulfide) groups is 1. The Hall–Kier alpha value is -0.613. The molecule has 2 aliphatic rings. The highest BCUT2D eigenvalue weighted by Crippen LogP contribution is 2.48. The summed E-state index contributed by atoms with van der Waals surface area (Å²) in [6.07, 6.45) is 8.44. The van der Waals surface area contributed by atoms with Crippen molar-refractivity contribution in [1.29, 1.82) is 0 Å². The lowest BCUT2D eigenvalue weighted by atomic mass is 9.75. The van der Waals surface area contributed by atoms with Gasteiger partial charge in [0.1, 0.15) is 16.5 Å². The van der Waals surface area contributed by atoms with E-state index in [-0.39, 0.29) is 29.2 Å². The first-order valence-electron chi connectivity index (χ1n) is 13.9. The van der Waals surface area contributed by atoms with E-state index < -0.39 is 25.3 Å². The van der Waals surface area contributed by atoms with Crippen molar-refractivity contribution in [3.8, 4) is 0 Å². The molecule has 37 heavy (non-hydrogen) atoms. The van der Waals surface area contributed by atoms with E-state index in [0.29, 0.717) is 11.8 Å². The standard InChI is InChI=1S/C28H52O7SSi/c1-25(2,3)27(15-10-11-16-27)34-23(29)21-22(36-19-14-20-37(31-7,32-8)33-9)24(30)35-28(26(4,5)6)17-12-13-18-28/h22H,10-21H2,1-9H3. The molecule has 2 saturated carbocycles. The van der Waals surface area contributed by atoms with Crippen molar-refractivity contribution in [3.05, 3.63) is 0 Å². The molecule has 0 saturated heterocycles. The van der Waals surface area contributed by atoms with E-state index in [9.17, 15) is 9.59 Å². The minimum absolute atomic E-state index is 0.0168. The van der Waals surface area contributed by atoms with E-state index >= 15 is 0 Å². The average molecular weight is 561 g/mol. The van der Waals surface area contributed by atoms with Gasteiger partial charge in [0.25, 0.3) is 0 Å². The molecule has 9 heteroatoms. The highest BCUT2D eigenvalue weighted by atomic mass is 32.2. The summed E-state index contributed by atoms with van der Waals surface area (Å²) in [6.45, 7) is 12.8. The van der Waals surface area contributed by atoms with Gasteiger partial charge in [-0.2, -0.15) is 0 Å². The van der Waals surface area contributed by atoms with Crippen molar-refractivity contribution in [3.63, 3.8) is 0 Å². The van der Waals surface area contributed by atoms with E-state index in [1.165, 1.54) is 11.8 Å². The number of rotatable bonds is 13. The van der Waals surface area contributed by atoms with Gasteiger partial charge in [0.2, 0.25) is 0 Å². The Bertz CT molecular complexity index is 734. The third-order valence-corrected chi connectivity index (χ3v) is 12.8. The van der Waals surface area contributed by atoms with Crippen LogP contribution in [0.2, 0.25) is 6.04 Å². The Morgan fingerprint density at radius 1 is 0.784 bits per heavy atom. The van der Waals surface area contributed by atoms with Crippen molar-refractivity contribution >= 4 is 32.5 Å². The van der Waals surface area contributed by atoms with Gasteiger partial charge in [0, 0.05) is 38.2 Å². The van der Waals surface area contributed by atoms with Crippen LogP contribution in [0.5, 0.6) is 0 Å². The van der Waals surface area contributed by atoms with Crippen LogP contribution in [0.3, 0.4) is 0 Å². The van der Waals surface area contributed by atoms with Crippen molar-refractivity contribution in [2.24, 2.45) is 10.8 Å². The maximum Gasteiger partial charge on any atom is 0.500 e. The summed E-state index contributed by atoms with van der Waals surface area (Å²) >= 11 is 1.47. The number of hydrogen-bond donors (Lipinski definition) is 0. The molecule has 0 spiro atoms. The molecule has 0 bridgehead atoms. The van der Waals surface area contributed by atoms with Crippen LogP contribution in [-0.4, -0.2) is 64.3 Å². The Labute approximate surface area is 230 Å². The third kappa shape index (κ3) is 7.96. The zero-order chi connectivity index (χ0) is 28.0. The van der Waals surface area contributed by atoms with Crippen LogP contribution >= 0.6 is 11.8 Å². The molecule has 0 aromatic carbocycles. The quantitative estimate of drug-likeness (QED) is 0.142. The Kier molecular flexibility index (Phi) is 11.6. The molecule has 0 amide bonds. The van der Waals surface area contributed by atoms with Crippen molar-refractivity contribution < 1.29 is 32.3 Å². The lowest BCUT2D eigenvalue weighted by molar-refractivity contribution is -0.178. The minimum atomic E-state index is -2.69. The summed E-state index contributed by atoms with van der Waals surface area (Å²) in [4.78, 5) is 27.0. The van der Waals surface area contributed by atoms with E-state index in [4.69, 9.17) is 22.8 Å². The summed E-state index contributed by atoms with van der Waals surface area (Å²) < 4.78 is 29.1. The highest BCUT2D eigenvalue weighted by molar-refractivity contribution is 8.00. The summed E-state index contributed by atoms with van der Waals surface area (Å²) in [5.41, 5.74) is -1.29. The van der Waals surface area contributed by atoms with Crippen LogP contribution in [0.1, 0.15) is 106 Å². The van der Waals surface area contributed by atoms with E-state index in [2.05, 4.69) is 41.5 Å². The van der Waals surface area contributed by atoms with Crippen molar-refractivity contribution in [2.75, 3.05) is 27.1 Å². The van der Waals surface area contributed by atoms with Crippen LogP contribution in [0.15, 0.2) is 0 Å². The molecule has 1 unspecified atom stereocenters. The van der Waals surface area contributed by atoms with Crippen LogP contribution in [0.4, 0.5) is 0 Å². The van der Waals surface area contributed by atoms with E-state index in [0.717, 1.165) is 57.8 Å². The summed E-state index contributed by atoms with van der Waals surface area (Å²) in [5.74, 6) is 0.0470. The summed E-state index contributed by atoms with van der Waals surface area (Å²) in [5, 5.41) is -0.616. The van der Waals surface area contributed by atoms with Crippen molar-refractivity contribution in [1.82, 2.24) is 0 Å². The fourth-order valence-electron chi connectivity index (χ4n) is 5.85. The first-order chi connectivity index (χ1) is 17.2. The zero-order valence-corrected chi connectivity index (χ0v) is 26.6. The zero-order valence-electron chi connectivity index (χ0n) is 24.8. The third-order valence-electron chi connectivity index (χ3n) is 8.66. The monoisotopic (exact) mass is 560 g/mol. The summed E-state index contributed by atoms with van der Waals surface area (Å²) in [6, 6.07) is 0.634. The molecule has 1 atom stereocenters. The Balaban J connectivity index is 2.15. The predicted molar refractivity (Wildman–Crippen MR) is 151 cm³/mol. The van der Waals surface area contributed by atoms with Gasteiger partial charge in [0.15, 0.2) is 0 Å². The topological polar surface area (TPSA) is 80.3 Å². The van der Waals surface area contributed by atoms with Gasteiger partial charge in [-0.05, 0) is 63.5 Å². The minimum Gasteiger partial charge on any atom is -0.458 e. The molecule has 2 aliphatic carbocycles. The molecular formula is C28H52O7SSi. The number of carbonyl (C=O) groups is 2. The molecule has 2 fully saturated rings. The first kappa shape index (κ1) is 32.6. The van der Waals surface area contributed by atoms with Crippen LogP contribution in [0, 0.1) is 10.8 Å². The Morgan fingerprint density at radius 2 is 1.22 bits per heavy atom. The fourth-order valence-corrected chi connectivity index (χ4v) is 8.86. The van der Waals surface area contributed by atoms with Gasteiger partial charge in [-0.1, -0.05) is 41.5 Å². The number of esters is 2. The molecule has 7 nitrogen and oxygen atoms in total. The van der Waals surface area contributed by atoms with E-state index in [1.54, 1.807) is 21.3 Å². The highest BCUT2D eigenvalue weighted by Gasteiger charge is 2.50. The molecular weight excluding hydrogens is 508 g/mol. The SMILES string of the molecule is CO[Si](CCCSC(CC(=O)OC1(C(C)(C)C)CCCC1)C(=O)OC1(C(C)(C)C)CCCC1)(OC)OC. The van der Waals surface area contributed by atoms with Gasteiger partial charge < -0.3 is 22.8 Å². The second-order valence-corrected chi connectivity index (χ2v) is 17.2. The van der Waals surface area contributed by atoms with E-state index in [1.807, 2.05) is 0 Å². The molecule has 0 aromatic rings. The number of ether oxygens (including phenoxy) is 2. The molecule has 0 N–H and O–H groups in total. The normalized spacial score (nSPS) is 20.6. The van der Waals surface area contributed by atoms with Gasteiger partial charge >= 0.3 is 20.7 Å². The average Bonchev–Trinajstić information content (AvgIpc) is 3.49. The van der Waals surface area contributed by atoms with Crippen LogP contribution in [0.25, 0.3) is 0 Å². The van der Waals surface area contributed by atoms with Crippen molar-refractivity contribution in [2.45, 2.75) is 128 Å². The number of carbonyl (C=O) groups excluding carboxylic acids is 2. The molecule has 0 radical (unpaired) electrons. The fraction of sp³-hybridized carbons (Fsp3) is 0.929. The molecule has 0 aromatic heterocycles. The molecule has 0 aliphatic heterocycles. The molecule has 2 rings (SSSR count). The largest absolute Gasteiger partial charge is 0.500 e. The molecule has 0 heterocycles. The smallest absolute Gasteiger partial charge is 0.458 e. The maximum atomic E-state index is 13.6. The Morgan fingerprint density at radius 3 is 1.62 bits per heavy atom. The number of hydrogen-bond acceptors (Lipinski definition) is 8. The van der Waals surface area contributed by atoms with Crippen LogP contribution < -0.4 is 0 Å². The lowest BCUT2D eigenvalue weighted by Crippen LogP contribution is -2.47. The summed E-state index contributed by atoms with van der Waals surface area (Å²) in [7, 11) is 2.11.